The first-order valence-electron chi connectivity index (χ1n) is 16.4. The molecule has 14 nitrogen and oxygen atoms in total. The van der Waals surface area contributed by atoms with Gasteiger partial charge in [-0.05, 0) is 34.7 Å². The van der Waals surface area contributed by atoms with Crippen molar-refractivity contribution in [3.8, 4) is 0 Å². The fourth-order valence-corrected chi connectivity index (χ4v) is 6.65. The summed E-state index contributed by atoms with van der Waals surface area (Å²) in [5.41, 5.74) is 11.9. The molecule has 0 saturated carbocycles. The van der Waals surface area contributed by atoms with E-state index in [9.17, 15) is 24.0 Å². The molecule has 6 rings (SSSR count). The van der Waals surface area contributed by atoms with Gasteiger partial charge in [0.05, 0.1) is 0 Å². The lowest BCUT2D eigenvalue weighted by molar-refractivity contribution is -0.143. The minimum atomic E-state index is -1.10. The minimum Gasteiger partial charge on any atom is -0.361 e. The summed E-state index contributed by atoms with van der Waals surface area (Å²) < 4.78 is 0. The first-order chi connectivity index (χ1) is 24.3. The van der Waals surface area contributed by atoms with E-state index in [0.29, 0.717) is 0 Å². The Morgan fingerprint density at radius 2 is 1.36 bits per heavy atom. The number of para-hydroxylation sites is 1. The van der Waals surface area contributed by atoms with Gasteiger partial charge in [0.1, 0.15) is 30.7 Å². The highest BCUT2D eigenvalue weighted by Crippen LogP contribution is 2.23. The molecular weight excluding hydrogens is 638 g/mol. The van der Waals surface area contributed by atoms with Gasteiger partial charge in [0, 0.05) is 53.9 Å². The van der Waals surface area contributed by atoms with Crippen LogP contribution in [-0.4, -0.2) is 82.7 Å². The van der Waals surface area contributed by atoms with Gasteiger partial charge in [-0.1, -0.05) is 84.0 Å². The van der Waals surface area contributed by atoms with Gasteiger partial charge in [-0.3, -0.25) is 24.0 Å². The maximum atomic E-state index is 14.4. The molecule has 2 fully saturated rings. The quantitative estimate of drug-likeness (QED) is 0.103. The summed E-state index contributed by atoms with van der Waals surface area (Å²) in [6.07, 6.45) is 2.21. The van der Waals surface area contributed by atoms with E-state index in [0.717, 1.165) is 27.6 Å². The number of nitrogens with one attached hydrogen (secondary N) is 5. The summed E-state index contributed by atoms with van der Waals surface area (Å²) in [4.78, 5) is 76.4. The summed E-state index contributed by atoms with van der Waals surface area (Å²) in [7, 11) is 0. The van der Waals surface area contributed by atoms with Crippen LogP contribution in [-0.2, 0) is 43.2 Å². The van der Waals surface area contributed by atoms with Gasteiger partial charge in [0.25, 0.3) is 0 Å². The van der Waals surface area contributed by atoms with Gasteiger partial charge < -0.3 is 31.2 Å². The Hall–Kier alpha value is -6.14. The second kappa shape index (κ2) is 15.4. The van der Waals surface area contributed by atoms with E-state index < -0.39 is 66.3 Å². The predicted molar refractivity (Wildman–Crippen MR) is 184 cm³/mol. The van der Waals surface area contributed by atoms with Crippen LogP contribution < -0.4 is 21.3 Å². The third-order valence-electron chi connectivity index (χ3n) is 9.07. The van der Waals surface area contributed by atoms with Crippen LogP contribution in [0.2, 0.25) is 0 Å². The molecule has 5 amide bonds. The fourth-order valence-electron chi connectivity index (χ4n) is 6.65. The summed E-state index contributed by atoms with van der Waals surface area (Å²) in [5.74, 6) is -2.75. The Bertz CT molecular complexity index is 1930. The number of hydrogen-bond acceptors (Lipinski definition) is 6. The monoisotopic (exact) mass is 675 g/mol. The average molecular weight is 676 g/mol. The Morgan fingerprint density at radius 3 is 2.04 bits per heavy atom. The fraction of sp³-hybridized carbons (Fsp3) is 0.306. The van der Waals surface area contributed by atoms with Crippen LogP contribution in [0.1, 0.15) is 23.1 Å². The van der Waals surface area contributed by atoms with Crippen LogP contribution >= 0.6 is 0 Å². The van der Waals surface area contributed by atoms with Crippen LogP contribution in [0.5, 0.6) is 0 Å². The van der Waals surface area contributed by atoms with E-state index in [1.54, 1.807) is 6.20 Å². The lowest BCUT2D eigenvalue weighted by Gasteiger charge is -2.32. The van der Waals surface area contributed by atoms with Crippen molar-refractivity contribution in [3.63, 3.8) is 0 Å². The second-order valence-electron chi connectivity index (χ2n) is 12.5. The maximum absolute atomic E-state index is 14.4. The highest BCUT2D eigenvalue weighted by atomic mass is 16.2. The third kappa shape index (κ3) is 7.93. The Kier molecular flexibility index (Phi) is 10.4. The molecule has 3 aromatic carbocycles. The van der Waals surface area contributed by atoms with Crippen molar-refractivity contribution in [1.29, 1.82) is 0 Å². The standard InChI is InChI=1S/C36H37N9O5/c37-44-39-20-32(46)40-25-18-31-35(49)42-28(15-22-9-3-1-4-10-22)33(47)41-29(17-24-19-38-27-14-8-7-13-26(24)27)34(48)43-30(36(50)45(31)21-25)16-23-11-5-2-6-12-23/h1-14,19,25,28-31,38H,15-18,20-21H2,(H,40,46)(H,41,47)(H,42,49)(H,43,48)/t25-,28+,29-,30+,31-/m1/s1. The van der Waals surface area contributed by atoms with Crippen molar-refractivity contribution < 1.29 is 24.0 Å². The molecule has 0 spiro atoms. The molecule has 5 N–H and O–H groups in total. The van der Waals surface area contributed by atoms with Crippen molar-refractivity contribution >= 4 is 40.4 Å². The lowest BCUT2D eigenvalue weighted by atomic mass is 9.99. The smallest absolute Gasteiger partial charge is 0.246 e. The normalized spacial score (nSPS) is 22.6. The largest absolute Gasteiger partial charge is 0.361 e. The maximum Gasteiger partial charge on any atom is 0.246 e. The van der Waals surface area contributed by atoms with Crippen LogP contribution in [0.3, 0.4) is 0 Å². The van der Waals surface area contributed by atoms with E-state index in [1.165, 1.54) is 4.90 Å². The number of rotatable bonds is 9. The Balaban J connectivity index is 1.36. The molecule has 1 aromatic heterocycles. The van der Waals surface area contributed by atoms with Crippen molar-refractivity contribution in [2.75, 3.05) is 13.1 Å². The first kappa shape index (κ1) is 33.7. The average Bonchev–Trinajstić information content (AvgIpc) is 3.74. The Morgan fingerprint density at radius 1 is 0.780 bits per heavy atom. The number of aromatic nitrogens is 1. The number of azide groups is 1. The van der Waals surface area contributed by atoms with E-state index in [-0.39, 0.29) is 32.2 Å². The van der Waals surface area contributed by atoms with Crippen molar-refractivity contribution in [2.45, 2.75) is 55.9 Å². The Labute approximate surface area is 287 Å². The van der Waals surface area contributed by atoms with Gasteiger partial charge in [0.15, 0.2) is 0 Å². The lowest BCUT2D eigenvalue weighted by Crippen LogP contribution is -2.62. The molecular formula is C36H37N9O5. The number of fused-ring (bicyclic) bond motifs is 2. The van der Waals surface area contributed by atoms with E-state index in [4.69, 9.17) is 5.53 Å². The molecule has 5 atom stereocenters. The summed E-state index contributed by atoms with van der Waals surface area (Å²) in [6, 6.07) is 21.0. The topological polar surface area (TPSA) is 201 Å². The van der Waals surface area contributed by atoms with Gasteiger partial charge in [0.2, 0.25) is 29.5 Å². The molecule has 50 heavy (non-hydrogen) atoms. The molecule has 2 saturated heterocycles. The zero-order chi connectivity index (χ0) is 35.0. The highest BCUT2D eigenvalue weighted by Gasteiger charge is 2.44. The van der Waals surface area contributed by atoms with Gasteiger partial charge >= 0.3 is 0 Å². The highest BCUT2D eigenvalue weighted by molar-refractivity contribution is 5.98. The number of H-pyrrole nitrogens is 1. The third-order valence-corrected chi connectivity index (χ3v) is 9.07. The van der Waals surface area contributed by atoms with Gasteiger partial charge in [-0.15, -0.1) is 0 Å². The van der Waals surface area contributed by atoms with Crippen LogP contribution in [0.15, 0.2) is 96.2 Å². The van der Waals surface area contributed by atoms with E-state index in [1.807, 2.05) is 84.9 Å². The van der Waals surface area contributed by atoms with Crippen LogP contribution in [0, 0.1) is 0 Å². The number of carbonyl (C=O) groups excluding carboxylic acids is 5. The van der Waals surface area contributed by atoms with Crippen LogP contribution in [0.4, 0.5) is 0 Å². The zero-order valence-electron chi connectivity index (χ0n) is 27.1. The van der Waals surface area contributed by atoms with E-state index in [2.05, 4.69) is 36.3 Å². The number of hydrogen-bond donors (Lipinski definition) is 5. The minimum absolute atomic E-state index is 0.0333. The van der Waals surface area contributed by atoms with Gasteiger partial charge in [-0.2, -0.15) is 0 Å². The zero-order valence-corrected chi connectivity index (χ0v) is 27.1. The number of benzene rings is 3. The van der Waals surface area contributed by atoms with Crippen molar-refractivity contribution in [1.82, 2.24) is 31.2 Å². The first-order valence-corrected chi connectivity index (χ1v) is 16.4. The van der Waals surface area contributed by atoms with Gasteiger partial charge in [-0.25, -0.2) is 0 Å². The van der Waals surface area contributed by atoms with Crippen LogP contribution in [0.25, 0.3) is 21.3 Å². The van der Waals surface area contributed by atoms with Crippen molar-refractivity contribution in [2.24, 2.45) is 5.11 Å². The molecule has 0 bridgehead atoms. The molecule has 14 heteroatoms. The SMILES string of the molecule is [N-]=[N+]=NCC(=O)N[C@@H]1C[C@@H]2C(=O)N[C@@H](Cc3ccccc3)C(=O)N[C@H](Cc3c[nH]c4ccccc34)C(=O)N[C@@H](Cc3ccccc3)C(=O)N2C1. The number of amides is 5. The molecule has 0 aliphatic carbocycles. The molecule has 0 radical (unpaired) electrons. The molecule has 0 unspecified atom stereocenters. The second-order valence-corrected chi connectivity index (χ2v) is 12.5. The predicted octanol–water partition coefficient (Wildman–Crippen LogP) is 2.06. The molecule has 4 aromatic rings. The molecule has 3 heterocycles. The molecule has 2 aliphatic rings. The summed E-state index contributed by atoms with van der Waals surface area (Å²) in [6.45, 7) is -0.476. The number of aromatic amines is 1. The summed E-state index contributed by atoms with van der Waals surface area (Å²) in [5, 5.41) is 15.6. The number of carbonyl (C=O) groups is 5. The number of nitrogens with zero attached hydrogens (tertiary/aromatic N) is 4. The van der Waals surface area contributed by atoms with E-state index >= 15 is 0 Å². The van der Waals surface area contributed by atoms with Crippen molar-refractivity contribution in [3.05, 3.63) is 118 Å². The summed E-state index contributed by atoms with van der Waals surface area (Å²) >= 11 is 0. The molecule has 256 valence electrons. The molecule has 2 aliphatic heterocycles.